The fraction of sp³-hybridized carbons (Fsp3) is 0.231. The fourth-order valence-corrected chi connectivity index (χ4v) is 3.58. The molecule has 0 aliphatic rings. The first kappa shape index (κ1) is 24.6. The summed E-state index contributed by atoms with van der Waals surface area (Å²) in [5, 5.41) is 4.16. The van der Waals surface area contributed by atoms with Crippen LogP contribution in [0.4, 0.5) is 0 Å². The molecule has 0 unspecified atom stereocenters. The molecule has 3 rings (SSSR count). The van der Waals surface area contributed by atoms with Crippen LogP contribution >= 0.6 is 23.2 Å². The maximum absolute atomic E-state index is 13.3. The lowest BCUT2D eigenvalue weighted by molar-refractivity contribution is -0.140. The summed E-state index contributed by atoms with van der Waals surface area (Å²) in [6, 6.07) is 21.2. The summed E-state index contributed by atoms with van der Waals surface area (Å²) in [4.78, 5) is 27.8. The number of carbonyl (C=O) groups excluding carboxylic acids is 2. The van der Waals surface area contributed by atoms with Gasteiger partial charge in [0.05, 0.1) is 13.5 Å². The molecule has 0 bridgehead atoms. The summed E-state index contributed by atoms with van der Waals surface area (Å²) in [6.45, 7) is 2.38. The summed E-state index contributed by atoms with van der Waals surface area (Å²) < 4.78 is 5.21. The predicted molar refractivity (Wildman–Crippen MR) is 131 cm³/mol. The van der Waals surface area contributed by atoms with E-state index in [0.717, 1.165) is 22.4 Å². The van der Waals surface area contributed by atoms with Gasteiger partial charge in [-0.2, -0.15) is 0 Å². The number of hydrogen-bond donors (Lipinski definition) is 1. The number of amides is 2. The van der Waals surface area contributed by atoms with Crippen LogP contribution in [-0.4, -0.2) is 29.9 Å². The van der Waals surface area contributed by atoms with Crippen molar-refractivity contribution in [3.8, 4) is 5.75 Å². The standard InChI is InChI=1S/C26H26Cl2N2O3/c1-18(26(32)29-16-20-5-11-23(28)12-6-20)30(17-21-7-13-24(33-2)14-8-21)25(31)15-19-3-9-22(27)10-4-19/h3-14,18H,15-17H2,1-2H3,(H,29,32)/t18-/m1/s1. The zero-order chi connectivity index (χ0) is 23.8. The Morgan fingerprint density at radius 2 is 1.36 bits per heavy atom. The van der Waals surface area contributed by atoms with E-state index in [4.69, 9.17) is 27.9 Å². The van der Waals surface area contributed by atoms with Crippen LogP contribution in [0.1, 0.15) is 23.6 Å². The van der Waals surface area contributed by atoms with Crippen molar-refractivity contribution >= 4 is 35.0 Å². The maximum atomic E-state index is 13.3. The number of ether oxygens (including phenoxy) is 1. The van der Waals surface area contributed by atoms with Gasteiger partial charge in [0.1, 0.15) is 11.8 Å². The van der Waals surface area contributed by atoms with Gasteiger partial charge in [0, 0.05) is 23.1 Å². The molecule has 0 aliphatic heterocycles. The summed E-state index contributed by atoms with van der Waals surface area (Å²) in [5.74, 6) is 0.344. The molecule has 7 heteroatoms. The number of rotatable bonds is 9. The third-order valence-corrected chi connectivity index (χ3v) is 5.83. The number of hydrogen-bond acceptors (Lipinski definition) is 3. The van der Waals surface area contributed by atoms with Crippen molar-refractivity contribution in [1.82, 2.24) is 10.2 Å². The first-order chi connectivity index (χ1) is 15.9. The molecule has 0 fully saturated rings. The van der Waals surface area contributed by atoms with Gasteiger partial charge in [-0.25, -0.2) is 0 Å². The van der Waals surface area contributed by atoms with E-state index in [2.05, 4.69) is 5.32 Å². The number of benzene rings is 3. The van der Waals surface area contributed by atoms with Gasteiger partial charge in [-0.3, -0.25) is 9.59 Å². The summed E-state index contributed by atoms with van der Waals surface area (Å²) in [7, 11) is 1.60. The van der Waals surface area contributed by atoms with Crippen molar-refractivity contribution in [2.24, 2.45) is 0 Å². The van der Waals surface area contributed by atoms with Crippen LogP contribution in [0.25, 0.3) is 0 Å². The lowest BCUT2D eigenvalue weighted by Crippen LogP contribution is -2.47. The van der Waals surface area contributed by atoms with E-state index < -0.39 is 6.04 Å². The molecule has 0 saturated carbocycles. The number of methoxy groups -OCH3 is 1. The monoisotopic (exact) mass is 484 g/mol. The zero-order valence-corrected chi connectivity index (χ0v) is 20.1. The molecule has 1 N–H and O–H groups in total. The van der Waals surface area contributed by atoms with Crippen molar-refractivity contribution in [3.63, 3.8) is 0 Å². The van der Waals surface area contributed by atoms with Crippen LogP contribution in [0.5, 0.6) is 5.75 Å². The highest BCUT2D eigenvalue weighted by Gasteiger charge is 2.26. The molecule has 0 spiro atoms. The van der Waals surface area contributed by atoms with Crippen molar-refractivity contribution in [3.05, 3.63) is 99.5 Å². The van der Waals surface area contributed by atoms with E-state index in [1.807, 2.05) is 48.5 Å². The second kappa shape index (κ2) is 11.7. The molecule has 0 radical (unpaired) electrons. The number of nitrogens with one attached hydrogen (secondary N) is 1. The Balaban J connectivity index is 1.74. The molecule has 0 aliphatic carbocycles. The molecule has 3 aromatic rings. The first-order valence-electron chi connectivity index (χ1n) is 10.5. The van der Waals surface area contributed by atoms with Crippen LogP contribution in [0.2, 0.25) is 10.0 Å². The third-order valence-electron chi connectivity index (χ3n) is 5.33. The van der Waals surface area contributed by atoms with Gasteiger partial charge in [0.15, 0.2) is 0 Å². The molecule has 3 aromatic carbocycles. The largest absolute Gasteiger partial charge is 0.497 e. The smallest absolute Gasteiger partial charge is 0.242 e. The molecular formula is C26H26Cl2N2O3. The van der Waals surface area contributed by atoms with E-state index in [-0.39, 0.29) is 18.2 Å². The zero-order valence-electron chi connectivity index (χ0n) is 18.6. The van der Waals surface area contributed by atoms with Crippen molar-refractivity contribution in [1.29, 1.82) is 0 Å². The lowest BCUT2D eigenvalue weighted by Gasteiger charge is -2.29. The second-order valence-electron chi connectivity index (χ2n) is 7.69. The first-order valence-corrected chi connectivity index (χ1v) is 11.3. The van der Waals surface area contributed by atoms with Crippen LogP contribution < -0.4 is 10.1 Å². The maximum Gasteiger partial charge on any atom is 0.242 e. The average Bonchev–Trinajstić information content (AvgIpc) is 2.83. The molecule has 2 amide bonds. The van der Waals surface area contributed by atoms with Crippen LogP contribution in [-0.2, 0) is 29.1 Å². The predicted octanol–water partition coefficient (Wildman–Crippen LogP) is 5.28. The van der Waals surface area contributed by atoms with Gasteiger partial charge in [0.2, 0.25) is 11.8 Å². The van der Waals surface area contributed by atoms with Crippen molar-refractivity contribution in [2.45, 2.75) is 32.5 Å². The van der Waals surface area contributed by atoms with E-state index in [1.54, 1.807) is 43.2 Å². The molecule has 33 heavy (non-hydrogen) atoms. The normalized spacial score (nSPS) is 11.5. The Morgan fingerprint density at radius 3 is 1.91 bits per heavy atom. The molecule has 0 heterocycles. The van der Waals surface area contributed by atoms with Gasteiger partial charge < -0.3 is 15.0 Å². The van der Waals surface area contributed by atoms with E-state index in [1.165, 1.54) is 0 Å². The Labute approximate surface area is 204 Å². The van der Waals surface area contributed by atoms with Crippen molar-refractivity contribution < 1.29 is 14.3 Å². The highest BCUT2D eigenvalue weighted by Crippen LogP contribution is 2.17. The summed E-state index contributed by atoms with van der Waals surface area (Å²) >= 11 is 11.9. The van der Waals surface area contributed by atoms with Crippen LogP contribution in [0.3, 0.4) is 0 Å². The molecule has 0 saturated heterocycles. The Hall–Kier alpha value is -3.02. The molecular weight excluding hydrogens is 459 g/mol. The fourth-order valence-electron chi connectivity index (χ4n) is 3.33. The topological polar surface area (TPSA) is 58.6 Å². The number of carbonyl (C=O) groups is 2. The van der Waals surface area contributed by atoms with Crippen molar-refractivity contribution in [2.75, 3.05) is 7.11 Å². The van der Waals surface area contributed by atoms with Crippen LogP contribution in [0.15, 0.2) is 72.8 Å². The van der Waals surface area contributed by atoms with E-state index >= 15 is 0 Å². The molecule has 1 atom stereocenters. The number of nitrogens with zero attached hydrogens (tertiary/aromatic N) is 1. The molecule has 5 nitrogen and oxygen atoms in total. The summed E-state index contributed by atoms with van der Waals surface area (Å²) in [6.07, 6.45) is 0.169. The van der Waals surface area contributed by atoms with E-state index in [0.29, 0.717) is 23.1 Å². The highest BCUT2D eigenvalue weighted by atomic mass is 35.5. The van der Waals surface area contributed by atoms with Gasteiger partial charge in [0.25, 0.3) is 0 Å². The van der Waals surface area contributed by atoms with E-state index in [9.17, 15) is 9.59 Å². The minimum absolute atomic E-state index is 0.151. The third kappa shape index (κ3) is 7.24. The summed E-state index contributed by atoms with van der Waals surface area (Å²) in [5.41, 5.74) is 2.66. The van der Waals surface area contributed by atoms with Crippen LogP contribution in [0, 0.1) is 0 Å². The average molecular weight is 485 g/mol. The highest BCUT2D eigenvalue weighted by molar-refractivity contribution is 6.30. The number of halogens is 2. The minimum Gasteiger partial charge on any atom is -0.497 e. The molecule has 0 aromatic heterocycles. The lowest BCUT2D eigenvalue weighted by atomic mass is 10.1. The minimum atomic E-state index is -0.667. The van der Waals surface area contributed by atoms with Gasteiger partial charge in [-0.15, -0.1) is 0 Å². The Bertz CT molecular complexity index is 1070. The molecule has 172 valence electrons. The van der Waals surface area contributed by atoms with Gasteiger partial charge in [-0.05, 0) is 60.0 Å². The van der Waals surface area contributed by atoms with Gasteiger partial charge >= 0.3 is 0 Å². The van der Waals surface area contributed by atoms with Gasteiger partial charge in [-0.1, -0.05) is 59.6 Å². The Morgan fingerprint density at radius 1 is 0.848 bits per heavy atom. The quantitative estimate of drug-likeness (QED) is 0.449. The SMILES string of the molecule is COc1ccc(CN(C(=O)Cc2ccc(Cl)cc2)[C@H](C)C(=O)NCc2ccc(Cl)cc2)cc1. The Kier molecular flexibility index (Phi) is 8.75. The second-order valence-corrected chi connectivity index (χ2v) is 8.57.